The van der Waals surface area contributed by atoms with Gasteiger partial charge < -0.3 is 30.2 Å². The van der Waals surface area contributed by atoms with Crippen molar-refractivity contribution in [3.63, 3.8) is 0 Å². The topological polar surface area (TPSA) is 115 Å². The Kier molecular flexibility index (Phi) is 13.3. The molecule has 0 aromatic heterocycles. The Balaban J connectivity index is 1.91. The molecular weight excluding hydrogens is 486 g/mol. The van der Waals surface area contributed by atoms with E-state index < -0.39 is 36.4 Å². The predicted molar refractivity (Wildman–Crippen MR) is 145 cm³/mol. The monoisotopic (exact) mass is 527 g/mol. The van der Waals surface area contributed by atoms with Gasteiger partial charge >= 0.3 is 6.09 Å². The molecular formula is C29H41N3O6. The van der Waals surface area contributed by atoms with E-state index in [0.717, 1.165) is 18.4 Å². The van der Waals surface area contributed by atoms with E-state index in [1.807, 2.05) is 48.5 Å². The Labute approximate surface area is 225 Å². The third-order valence-electron chi connectivity index (χ3n) is 6.13. The van der Waals surface area contributed by atoms with Crippen molar-refractivity contribution in [3.05, 3.63) is 71.8 Å². The highest BCUT2D eigenvalue weighted by molar-refractivity contribution is 5.91. The fourth-order valence-electron chi connectivity index (χ4n) is 3.97. The van der Waals surface area contributed by atoms with Crippen LogP contribution in [0.15, 0.2) is 60.7 Å². The summed E-state index contributed by atoms with van der Waals surface area (Å²) in [5, 5.41) is 8.25. The quantitative estimate of drug-likeness (QED) is 0.305. The summed E-state index contributed by atoms with van der Waals surface area (Å²) < 4.78 is 16.1. The normalized spacial score (nSPS) is 13.4. The molecule has 2 aromatic carbocycles. The number of ether oxygens (including phenoxy) is 3. The number of alkyl carbamates (subject to hydrolysis) is 1. The van der Waals surface area contributed by atoms with Crippen molar-refractivity contribution < 1.29 is 28.6 Å². The third kappa shape index (κ3) is 10.5. The molecule has 1 unspecified atom stereocenters. The number of carbonyl (C=O) groups is 3. The SMILES string of the molecule is COC(OC)C(CCCc1ccccc1)NC(=O)[C@H](C)NC(=O)[C@@H](NC(=O)OCc1ccccc1)C(C)C. The Bertz CT molecular complexity index is 982. The summed E-state index contributed by atoms with van der Waals surface area (Å²) in [5.41, 5.74) is 2.04. The number of hydrogen-bond acceptors (Lipinski definition) is 6. The standard InChI is InChI=1S/C29H41N3O6/c1-20(2)25(32-29(35)38-19-23-15-10-7-11-16-23)27(34)30-21(3)26(33)31-24(28(36-4)37-5)18-12-17-22-13-8-6-9-14-22/h6-11,13-16,20-21,24-25,28H,12,17-19H2,1-5H3,(H,30,34)(H,31,33)(H,32,35)/t21-,24?,25-/m0/s1. The predicted octanol–water partition coefficient (Wildman–Crippen LogP) is 3.57. The van der Waals surface area contributed by atoms with Gasteiger partial charge in [0.05, 0.1) is 6.04 Å². The summed E-state index contributed by atoms with van der Waals surface area (Å²) in [7, 11) is 3.04. The fourth-order valence-corrected chi connectivity index (χ4v) is 3.97. The minimum atomic E-state index is -0.874. The summed E-state index contributed by atoms with van der Waals surface area (Å²) in [4.78, 5) is 38.3. The number of methoxy groups -OCH3 is 2. The number of carbonyl (C=O) groups excluding carboxylic acids is 3. The van der Waals surface area contributed by atoms with Crippen LogP contribution in [-0.4, -0.2) is 56.5 Å². The van der Waals surface area contributed by atoms with Crippen LogP contribution in [0.25, 0.3) is 0 Å². The zero-order chi connectivity index (χ0) is 27.9. The van der Waals surface area contributed by atoms with E-state index in [-0.39, 0.29) is 18.4 Å². The van der Waals surface area contributed by atoms with Crippen LogP contribution in [0.2, 0.25) is 0 Å². The molecule has 0 bridgehead atoms. The Hall–Kier alpha value is -3.43. The molecule has 0 saturated heterocycles. The molecule has 0 heterocycles. The van der Waals surface area contributed by atoms with Gasteiger partial charge in [-0.05, 0) is 43.2 Å². The van der Waals surface area contributed by atoms with Gasteiger partial charge in [0, 0.05) is 14.2 Å². The second kappa shape index (κ2) is 16.4. The average Bonchev–Trinajstić information content (AvgIpc) is 2.91. The number of rotatable bonds is 15. The molecule has 0 aliphatic heterocycles. The molecule has 0 saturated carbocycles. The smallest absolute Gasteiger partial charge is 0.408 e. The molecule has 0 spiro atoms. The Morgan fingerprint density at radius 2 is 1.34 bits per heavy atom. The maximum absolute atomic E-state index is 13.0. The highest BCUT2D eigenvalue weighted by atomic mass is 16.7. The molecule has 0 radical (unpaired) electrons. The zero-order valence-electron chi connectivity index (χ0n) is 22.9. The van der Waals surface area contributed by atoms with Crippen molar-refractivity contribution in [2.75, 3.05) is 14.2 Å². The molecule has 3 amide bonds. The van der Waals surface area contributed by atoms with E-state index in [1.165, 1.54) is 19.8 Å². The maximum Gasteiger partial charge on any atom is 0.408 e. The first kappa shape index (κ1) is 30.8. The molecule has 0 aliphatic rings. The van der Waals surface area contributed by atoms with Gasteiger partial charge in [0.15, 0.2) is 6.29 Å². The second-order valence-electron chi connectivity index (χ2n) is 9.49. The van der Waals surface area contributed by atoms with Crippen LogP contribution in [0, 0.1) is 5.92 Å². The summed E-state index contributed by atoms with van der Waals surface area (Å²) in [6.45, 7) is 5.28. The van der Waals surface area contributed by atoms with Gasteiger partial charge in [-0.15, -0.1) is 0 Å². The van der Waals surface area contributed by atoms with Crippen LogP contribution < -0.4 is 16.0 Å². The molecule has 2 aromatic rings. The summed E-state index contributed by atoms with van der Waals surface area (Å²) in [5.74, 6) is -1.09. The van der Waals surface area contributed by atoms with Crippen molar-refractivity contribution in [1.82, 2.24) is 16.0 Å². The molecule has 2 rings (SSSR count). The van der Waals surface area contributed by atoms with Crippen LogP contribution in [0.5, 0.6) is 0 Å². The third-order valence-corrected chi connectivity index (χ3v) is 6.13. The molecule has 0 aliphatic carbocycles. The second-order valence-corrected chi connectivity index (χ2v) is 9.49. The van der Waals surface area contributed by atoms with E-state index in [9.17, 15) is 14.4 Å². The van der Waals surface area contributed by atoms with Gasteiger partial charge in [0.1, 0.15) is 18.7 Å². The minimum Gasteiger partial charge on any atom is -0.445 e. The number of aryl methyl sites for hydroxylation is 1. The molecule has 3 atom stereocenters. The van der Waals surface area contributed by atoms with E-state index in [2.05, 4.69) is 28.1 Å². The van der Waals surface area contributed by atoms with Gasteiger partial charge in [0.25, 0.3) is 0 Å². The molecule has 0 fully saturated rings. The van der Waals surface area contributed by atoms with Crippen molar-refractivity contribution in [2.45, 2.75) is 71.1 Å². The number of amides is 3. The van der Waals surface area contributed by atoms with Crippen molar-refractivity contribution in [3.8, 4) is 0 Å². The highest BCUT2D eigenvalue weighted by Gasteiger charge is 2.29. The van der Waals surface area contributed by atoms with E-state index >= 15 is 0 Å². The summed E-state index contributed by atoms with van der Waals surface area (Å²) in [6, 6.07) is 17.2. The van der Waals surface area contributed by atoms with Crippen molar-refractivity contribution in [2.24, 2.45) is 5.92 Å². The first-order chi connectivity index (χ1) is 18.2. The van der Waals surface area contributed by atoms with Crippen LogP contribution in [-0.2, 0) is 36.8 Å². The number of benzene rings is 2. The number of nitrogens with one attached hydrogen (secondary N) is 3. The van der Waals surface area contributed by atoms with Crippen LogP contribution in [0.3, 0.4) is 0 Å². The molecule has 3 N–H and O–H groups in total. The van der Waals surface area contributed by atoms with Gasteiger partial charge in [-0.3, -0.25) is 9.59 Å². The Morgan fingerprint density at radius 1 is 0.763 bits per heavy atom. The van der Waals surface area contributed by atoms with E-state index in [4.69, 9.17) is 14.2 Å². The van der Waals surface area contributed by atoms with E-state index in [0.29, 0.717) is 6.42 Å². The lowest BCUT2D eigenvalue weighted by molar-refractivity contribution is -0.141. The lowest BCUT2D eigenvalue weighted by Gasteiger charge is -2.28. The first-order valence-corrected chi connectivity index (χ1v) is 12.9. The number of hydrogen-bond donors (Lipinski definition) is 3. The van der Waals surface area contributed by atoms with Gasteiger partial charge in [-0.1, -0.05) is 74.5 Å². The van der Waals surface area contributed by atoms with Gasteiger partial charge in [0.2, 0.25) is 11.8 Å². The zero-order valence-corrected chi connectivity index (χ0v) is 22.9. The Morgan fingerprint density at radius 3 is 1.89 bits per heavy atom. The molecule has 9 heteroatoms. The minimum absolute atomic E-state index is 0.0870. The van der Waals surface area contributed by atoms with Crippen molar-refractivity contribution in [1.29, 1.82) is 0 Å². The lowest BCUT2D eigenvalue weighted by Crippen LogP contribution is -2.56. The van der Waals surface area contributed by atoms with Crippen LogP contribution in [0.1, 0.15) is 44.7 Å². The summed E-state index contributed by atoms with van der Waals surface area (Å²) >= 11 is 0. The summed E-state index contributed by atoms with van der Waals surface area (Å²) in [6.07, 6.45) is 0.936. The highest BCUT2D eigenvalue weighted by Crippen LogP contribution is 2.12. The van der Waals surface area contributed by atoms with Crippen LogP contribution >= 0.6 is 0 Å². The molecule has 9 nitrogen and oxygen atoms in total. The first-order valence-electron chi connectivity index (χ1n) is 12.9. The van der Waals surface area contributed by atoms with Gasteiger partial charge in [-0.2, -0.15) is 0 Å². The van der Waals surface area contributed by atoms with E-state index in [1.54, 1.807) is 20.8 Å². The lowest BCUT2D eigenvalue weighted by atomic mass is 10.0. The van der Waals surface area contributed by atoms with Gasteiger partial charge in [-0.25, -0.2) is 4.79 Å². The van der Waals surface area contributed by atoms with Crippen molar-refractivity contribution >= 4 is 17.9 Å². The maximum atomic E-state index is 13.0. The molecule has 38 heavy (non-hydrogen) atoms. The largest absolute Gasteiger partial charge is 0.445 e. The molecule has 208 valence electrons. The van der Waals surface area contributed by atoms with Crippen LogP contribution in [0.4, 0.5) is 4.79 Å². The average molecular weight is 528 g/mol. The fraction of sp³-hybridized carbons (Fsp3) is 0.483.